The Kier molecular flexibility index (Phi) is 4.97. The van der Waals surface area contributed by atoms with Gasteiger partial charge in [-0.25, -0.2) is 0 Å². The van der Waals surface area contributed by atoms with Gasteiger partial charge in [-0.15, -0.1) is 0 Å². The first-order valence-electron chi connectivity index (χ1n) is 10.1. The third-order valence-electron chi connectivity index (χ3n) is 6.98. The van der Waals surface area contributed by atoms with Crippen LogP contribution in [0.15, 0.2) is 0 Å². The summed E-state index contributed by atoms with van der Waals surface area (Å²) in [7, 11) is -0.0905. The molecule has 3 aliphatic carbocycles. The second-order valence-electron chi connectivity index (χ2n) is 8.34. The van der Waals surface area contributed by atoms with Gasteiger partial charge in [0.2, 0.25) is 0 Å². The van der Waals surface area contributed by atoms with E-state index >= 15 is 0 Å². The Labute approximate surface area is 141 Å². The molecule has 1 saturated heterocycles. The summed E-state index contributed by atoms with van der Waals surface area (Å²) in [5.41, 5.74) is 0. The molecule has 4 rings (SSSR count). The molecule has 1 aliphatic heterocycles. The third kappa shape index (κ3) is 3.20. The molecule has 0 N–H and O–H groups in total. The average Bonchev–Trinajstić information content (AvgIpc) is 3.00. The van der Waals surface area contributed by atoms with E-state index in [9.17, 15) is 5.26 Å². The summed E-state index contributed by atoms with van der Waals surface area (Å²) < 4.78 is 13.1. The molecule has 3 saturated carbocycles. The van der Waals surface area contributed by atoms with E-state index in [1.807, 2.05) is 0 Å². The van der Waals surface area contributed by atoms with Crippen LogP contribution in [-0.4, -0.2) is 19.3 Å². The lowest BCUT2D eigenvalue weighted by atomic mass is 9.55. The van der Waals surface area contributed by atoms with Gasteiger partial charge < -0.3 is 9.31 Å². The standard InChI is InChI=1S/C19H30BNO2/c21-13-16-11-12-17(16)20-22-18(14-7-3-1-4-8-14)19(23-20)15-9-5-2-6-10-15/h14-19H,1-12H2/t16-,17-,18+,19+/m0/s1. The predicted molar refractivity (Wildman–Crippen MR) is 90.7 cm³/mol. The molecule has 0 radical (unpaired) electrons. The van der Waals surface area contributed by atoms with Gasteiger partial charge in [-0.3, -0.25) is 0 Å². The maximum Gasteiger partial charge on any atom is 0.462 e. The minimum Gasteiger partial charge on any atom is -0.405 e. The lowest BCUT2D eigenvalue weighted by molar-refractivity contribution is 0.0324. The first-order chi connectivity index (χ1) is 11.4. The van der Waals surface area contributed by atoms with Crippen LogP contribution in [0.1, 0.15) is 77.0 Å². The maximum atomic E-state index is 9.28. The lowest BCUT2D eigenvalue weighted by Gasteiger charge is -2.35. The van der Waals surface area contributed by atoms with Crippen molar-refractivity contribution >= 4 is 7.12 Å². The zero-order valence-corrected chi connectivity index (χ0v) is 14.3. The maximum absolute atomic E-state index is 9.28. The molecule has 0 aromatic rings. The Bertz CT molecular complexity index is 413. The fourth-order valence-corrected chi connectivity index (χ4v) is 5.39. The van der Waals surface area contributed by atoms with E-state index in [2.05, 4.69) is 6.07 Å². The molecular formula is C19H30BNO2. The largest absolute Gasteiger partial charge is 0.462 e. The van der Waals surface area contributed by atoms with E-state index in [1.165, 1.54) is 64.2 Å². The molecule has 1 heterocycles. The Morgan fingerprint density at radius 3 is 1.61 bits per heavy atom. The van der Waals surface area contributed by atoms with E-state index in [1.54, 1.807) is 0 Å². The number of hydrogen-bond donors (Lipinski definition) is 0. The van der Waals surface area contributed by atoms with Crippen molar-refractivity contribution in [3.8, 4) is 6.07 Å². The zero-order chi connectivity index (χ0) is 15.6. The van der Waals surface area contributed by atoms with Gasteiger partial charge in [0.1, 0.15) is 0 Å². The third-order valence-corrected chi connectivity index (χ3v) is 6.98. The van der Waals surface area contributed by atoms with Crippen LogP contribution in [0.4, 0.5) is 0 Å². The highest BCUT2D eigenvalue weighted by atomic mass is 16.7. The molecule has 3 nitrogen and oxygen atoms in total. The molecule has 0 aromatic carbocycles. The predicted octanol–water partition coefficient (Wildman–Crippen LogP) is 4.72. The SMILES string of the molecule is N#C[C@@H]1CC[C@@H]1B1O[C@H](C2CCCCC2)[C@@H](C2CCCCC2)O1. The Morgan fingerprint density at radius 1 is 0.696 bits per heavy atom. The molecule has 23 heavy (non-hydrogen) atoms. The molecule has 0 bridgehead atoms. The summed E-state index contributed by atoms with van der Waals surface area (Å²) in [5.74, 6) is 1.89. The van der Waals surface area contributed by atoms with E-state index in [-0.39, 0.29) is 13.0 Å². The van der Waals surface area contributed by atoms with Crippen LogP contribution in [0.25, 0.3) is 0 Å². The van der Waals surface area contributed by atoms with Crippen LogP contribution in [-0.2, 0) is 9.31 Å². The number of nitriles is 1. The van der Waals surface area contributed by atoms with E-state index < -0.39 is 0 Å². The number of nitrogens with zero attached hydrogens (tertiary/aromatic N) is 1. The average molecular weight is 315 g/mol. The lowest BCUT2D eigenvalue weighted by Crippen LogP contribution is -2.38. The summed E-state index contributed by atoms with van der Waals surface area (Å²) in [5, 5.41) is 9.28. The van der Waals surface area contributed by atoms with Gasteiger partial charge in [0, 0.05) is 11.7 Å². The van der Waals surface area contributed by atoms with Crippen molar-refractivity contribution in [3.63, 3.8) is 0 Å². The number of rotatable bonds is 3. The van der Waals surface area contributed by atoms with Gasteiger partial charge in [-0.1, -0.05) is 38.5 Å². The molecule has 0 aromatic heterocycles. The molecule has 4 atom stereocenters. The van der Waals surface area contributed by atoms with Crippen LogP contribution < -0.4 is 0 Å². The van der Waals surface area contributed by atoms with Gasteiger partial charge in [-0.05, 0) is 50.4 Å². The molecule has 0 unspecified atom stereocenters. The van der Waals surface area contributed by atoms with Crippen molar-refractivity contribution in [3.05, 3.63) is 0 Å². The topological polar surface area (TPSA) is 42.2 Å². The summed E-state index contributed by atoms with van der Waals surface area (Å²) in [6.07, 6.45) is 16.2. The van der Waals surface area contributed by atoms with Gasteiger partial charge in [0.15, 0.2) is 0 Å². The summed E-state index contributed by atoms with van der Waals surface area (Å²) in [6, 6.07) is 2.46. The van der Waals surface area contributed by atoms with Crippen LogP contribution in [0.2, 0.25) is 5.82 Å². The highest BCUT2D eigenvalue weighted by Crippen LogP contribution is 2.48. The van der Waals surface area contributed by atoms with Crippen LogP contribution in [0.3, 0.4) is 0 Å². The van der Waals surface area contributed by atoms with Gasteiger partial charge in [0.25, 0.3) is 0 Å². The Hall–Kier alpha value is -0.525. The van der Waals surface area contributed by atoms with Crippen molar-refractivity contribution in [2.24, 2.45) is 17.8 Å². The molecule has 0 amide bonds. The first-order valence-corrected chi connectivity index (χ1v) is 10.1. The van der Waals surface area contributed by atoms with Crippen molar-refractivity contribution < 1.29 is 9.31 Å². The monoisotopic (exact) mass is 315 g/mol. The molecule has 0 spiro atoms. The van der Waals surface area contributed by atoms with Crippen molar-refractivity contribution in [1.82, 2.24) is 0 Å². The molecular weight excluding hydrogens is 285 g/mol. The van der Waals surface area contributed by atoms with E-state index in [4.69, 9.17) is 9.31 Å². The molecule has 4 fully saturated rings. The van der Waals surface area contributed by atoms with Crippen molar-refractivity contribution in [2.45, 2.75) is 95.1 Å². The Morgan fingerprint density at radius 2 is 1.22 bits per heavy atom. The van der Waals surface area contributed by atoms with Gasteiger partial charge >= 0.3 is 7.12 Å². The van der Waals surface area contributed by atoms with Crippen molar-refractivity contribution in [2.75, 3.05) is 0 Å². The fourth-order valence-electron chi connectivity index (χ4n) is 5.39. The first kappa shape index (κ1) is 16.0. The highest BCUT2D eigenvalue weighted by Gasteiger charge is 2.53. The quantitative estimate of drug-likeness (QED) is 0.708. The second-order valence-corrected chi connectivity index (χ2v) is 8.34. The Balaban J connectivity index is 1.47. The number of hydrogen-bond acceptors (Lipinski definition) is 3. The second kappa shape index (κ2) is 7.15. The van der Waals surface area contributed by atoms with Gasteiger partial charge in [0.05, 0.1) is 18.3 Å². The fraction of sp³-hybridized carbons (Fsp3) is 0.947. The van der Waals surface area contributed by atoms with Crippen molar-refractivity contribution in [1.29, 1.82) is 5.26 Å². The van der Waals surface area contributed by atoms with Crippen LogP contribution in [0, 0.1) is 29.1 Å². The highest BCUT2D eigenvalue weighted by molar-refractivity contribution is 6.47. The van der Waals surface area contributed by atoms with Crippen LogP contribution in [0.5, 0.6) is 0 Å². The smallest absolute Gasteiger partial charge is 0.405 e. The molecule has 126 valence electrons. The minimum absolute atomic E-state index is 0.0905. The minimum atomic E-state index is -0.0905. The van der Waals surface area contributed by atoms with Gasteiger partial charge in [-0.2, -0.15) is 5.26 Å². The van der Waals surface area contributed by atoms with Crippen LogP contribution >= 0.6 is 0 Å². The van der Waals surface area contributed by atoms with E-state index in [0.717, 1.165) is 12.8 Å². The molecule has 4 aliphatic rings. The van der Waals surface area contributed by atoms with E-state index in [0.29, 0.717) is 29.9 Å². The summed E-state index contributed by atoms with van der Waals surface area (Å²) in [6.45, 7) is 0. The summed E-state index contributed by atoms with van der Waals surface area (Å²) in [4.78, 5) is 0. The molecule has 4 heteroatoms. The normalized spacial score (nSPS) is 39.9. The summed E-state index contributed by atoms with van der Waals surface area (Å²) >= 11 is 0. The zero-order valence-electron chi connectivity index (χ0n) is 14.3.